The number of hydrogen-bond acceptors (Lipinski definition) is 0. The maximum atomic E-state index is 14.7. The highest BCUT2D eigenvalue weighted by molar-refractivity contribution is 5.65. The number of rotatable bonds is 3. The average Bonchev–Trinajstić information content (AvgIpc) is 2.55. The van der Waals surface area contributed by atoms with Crippen molar-refractivity contribution in [3.8, 4) is 11.1 Å². The molecule has 0 radical (unpaired) electrons. The maximum Gasteiger partial charge on any atom is 0.131 e. The van der Waals surface area contributed by atoms with Crippen LogP contribution in [0, 0.1) is 23.5 Å². The van der Waals surface area contributed by atoms with Crippen LogP contribution in [0.1, 0.15) is 57.1 Å². The zero-order valence-electron chi connectivity index (χ0n) is 14.8. The Labute approximate surface area is 143 Å². The van der Waals surface area contributed by atoms with Gasteiger partial charge in [0.25, 0.3) is 0 Å². The fourth-order valence-corrected chi connectivity index (χ4v) is 4.14. The molecule has 2 aromatic carbocycles. The first kappa shape index (κ1) is 17.1. The van der Waals surface area contributed by atoms with E-state index in [9.17, 15) is 8.78 Å². The van der Waals surface area contributed by atoms with Crippen molar-refractivity contribution in [3.05, 3.63) is 59.2 Å². The molecule has 0 spiro atoms. The summed E-state index contributed by atoms with van der Waals surface area (Å²) in [6, 6.07) is 10.4. The van der Waals surface area contributed by atoms with Gasteiger partial charge in [-0.15, -0.1) is 0 Å². The first-order chi connectivity index (χ1) is 11.5. The molecule has 3 rings (SSSR count). The molecule has 0 amide bonds. The summed E-state index contributed by atoms with van der Waals surface area (Å²) < 4.78 is 29.0. The fourth-order valence-electron chi connectivity index (χ4n) is 4.14. The summed E-state index contributed by atoms with van der Waals surface area (Å²) in [5.74, 6) is 1.07. The average molecular weight is 328 g/mol. The van der Waals surface area contributed by atoms with Crippen molar-refractivity contribution in [2.75, 3.05) is 0 Å². The van der Waals surface area contributed by atoms with Crippen LogP contribution in [0.4, 0.5) is 8.78 Å². The molecular formula is C22H26F2. The van der Waals surface area contributed by atoms with E-state index in [1.165, 1.54) is 18.9 Å². The van der Waals surface area contributed by atoms with Crippen LogP contribution in [0.15, 0.2) is 36.4 Å². The second kappa shape index (κ2) is 7.04. The van der Waals surface area contributed by atoms with E-state index in [0.717, 1.165) is 29.9 Å². The van der Waals surface area contributed by atoms with Gasteiger partial charge in [-0.2, -0.15) is 0 Å². The Morgan fingerprint density at radius 1 is 0.917 bits per heavy atom. The summed E-state index contributed by atoms with van der Waals surface area (Å²) >= 11 is 0. The zero-order valence-corrected chi connectivity index (χ0v) is 14.8. The number of hydrogen-bond donors (Lipinski definition) is 0. The third kappa shape index (κ3) is 3.38. The summed E-state index contributed by atoms with van der Waals surface area (Å²) in [4.78, 5) is 0. The minimum Gasteiger partial charge on any atom is -0.206 e. The summed E-state index contributed by atoms with van der Waals surface area (Å²) in [7, 11) is 0. The lowest BCUT2D eigenvalue weighted by molar-refractivity contribution is 0.261. The van der Waals surface area contributed by atoms with Crippen LogP contribution >= 0.6 is 0 Å². The van der Waals surface area contributed by atoms with E-state index in [-0.39, 0.29) is 11.6 Å². The van der Waals surface area contributed by atoms with Crippen LogP contribution < -0.4 is 0 Å². The molecule has 0 N–H and O–H groups in total. The molecule has 0 aliphatic heterocycles. The van der Waals surface area contributed by atoms with Crippen LogP contribution in [0.5, 0.6) is 0 Å². The second-order valence-electron chi connectivity index (χ2n) is 7.41. The normalized spacial score (nSPS) is 24.1. The van der Waals surface area contributed by atoms with Crippen LogP contribution in [-0.4, -0.2) is 0 Å². The van der Waals surface area contributed by atoms with Crippen LogP contribution in [0.2, 0.25) is 0 Å². The van der Waals surface area contributed by atoms with E-state index >= 15 is 0 Å². The summed E-state index contributed by atoms with van der Waals surface area (Å²) in [5.41, 5.74) is 2.69. The van der Waals surface area contributed by atoms with Gasteiger partial charge in [0.1, 0.15) is 11.6 Å². The van der Waals surface area contributed by atoms with Crippen LogP contribution in [0.3, 0.4) is 0 Å². The standard InChI is InChI=1S/C22H26F2/c1-4-16-6-9-19(21(23)12-16)20-10-7-17(13-22(20)24)18-8-5-14(2)11-15(18)3/h6-7,9-10,12-15,18H,4-5,8,11H2,1-3H3/t14?,15-,18?/m1/s1. The van der Waals surface area contributed by atoms with E-state index in [2.05, 4.69) is 13.8 Å². The minimum absolute atomic E-state index is 0.318. The van der Waals surface area contributed by atoms with Gasteiger partial charge in [0.05, 0.1) is 0 Å². The summed E-state index contributed by atoms with van der Waals surface area (Å²) in [5, 5.41) is 0. The Balaban J connectivity index is 1.90. The highest BCUT2D eigenvalue weighted by Gasteiger charge is 2.27. The van der Waals surface area contributed by atoms with E-state index < -0.39 is 0 Å². The largest absolute Gasteiger partial charge is 0.206 e. The van der Waals surface area contributed by atoms with Gasteiger partial charge in [-0.05, 0) is 60.3 Å². The topological polar surface area (TPSA) is 0 Å². The number of aryl methyl sites for hydroxylation is 1. The minimum atomic E-state index is -0.346. The molecule has 24 heavy (non-hydrogen) atoms. The third-order valence-electron chi connectivity index (χ3n) is 5.58. The van der Waals surface area contributed by atoms with Gasteiger partial charge >= 0.3 is 0 Å². The van der Waals surface area contributed by atoms with Gasteiger partial charge in [-0.25, -0.2) is 8.78 Å². The van der Waals surface area contributed by atoms with E-state index in [4.69, 9.17) is 0 Å². The van der Waals surface area contributed by atoms with Crippen molar-refractivity contribution >= 4 is 0 Å². The quantitative estimate of drug-likeness (QED) is 0.585. The lowest BCUT2D eigenvalue weighted by Gasteiger charge is -2.33. The van der Waals surface area contributed by atoms with Crippen LogP contribution in [0.25, 0.3) is 11.1 Å². The molecule has 1 fully saturated rings. The van der Waals surface area contributed by atoms with Crippen molar-refractivity contribution in [2.24, 2.45) is 11.8 Å². The Morgan fingerprint density at radius 2 is 1.58 bits per heavy atom. The molecule has 128 valence electrons. The lowest BCUT2D eigenvalue weighted by Crippen LogP contribution is -2.20. The molecule has 3 atom stereocenters. The lowest BCUT2D eigenvalue weighted by atomic mass is 9.72. The van der Waals surface area contributed by atoms with Gasteiger partial charge in [0.2, 0.25) is 0 Å². The van der Waals surface area contributed by atoms with Crippen molar-refractivity contribution in [3.63, 3.8) is 0 Å². The molecule has 0 nitrogen and oxygen atoms in total. The summed E-state index contributed by atoms with van der Waals surface area (Å²) in [6.45, 7) is 6.53. The zero-order chi connectivity index (χ0) is 17.3. The molecule has 1 aliphatic rings. The first-order valence-electron chi connectivity index (χ1n) is 9.07. The maximum absolute atomic E-state index is 14.7. The molecule has 2 unspecified atom stereocenters. The van der Waals surface area contributed by atoms with Crippen molar-refractivity contribution < 1.29 is 8.78 Å². The van der Waals surface area contributed by atoms with Gasteiger partial charge in [-0.3, -0.25) is 0 Å². The van der Waals surface area contributed by atoms with Gasteiger partial charge in [0, 0.05) is 11.1 Å². The summed E-state index contributed by atoms with van der Waals surface area (Å²) in [6.07, 6.45) is 4.28. The first-order valence-corrected chi connectivity index (χ1v) is 9.07. The van der Waals surface area contributed by atoms with Gasteiger partial charge in [0.15, 0.2) is 0 Å². The number of halogens is 2. The van der Waals surface area contributed by atoms with Crippen molar-refractivity contribution in [1.29, 1.82) is 0 Å². The molecule has 0 aromatic heterocycles. The van der Waals surface area contributed by atoms with Gasteiger partial charge in [-0.1, -0.05) is 51.5 Å². The molecule has 1 saturated carbocycles. The molecule has 2 heteroatoms. The van der Waals surface area contributed by atoms with E-state index in [1.807, 2.05) is 19.1 Å². The molecule has 2 aromatic rings. The van der Waals surface area contributed by atoms with Crippen molar-refractivity contribution in [2.45, 2.75) is 52.4 Å². The predicted octanol–water partition coefficient (Wildman–Crippen LogP) is 6.73. The smallest absolute Gasteiger partial charge is 0.131 e. The predicted molar refractivity (Wildman–Crippen MR) is 96.1 cm³/mol. The third-order valence-corrected chi connectivity index (χ3v) is 5.58. The second-order valence-corrected chi connectivity index (χ2v) is 7.41. The Kier molecular flexibility index (Phi) is 5.03. The Hall–Kier alpha value is -1.70. The highest BCUT2D eigenvalue weighted by Crippen LogP contribution is 2.41. The Morgan fingerprint density at radius 3 is 2.17 bits per heavy atom. The highest BCUT2D eigenvalue weighted by atomic mass is 19.1. The van der Waals surface area contributed by atoms with Crippen LogP contribution in [-0.2, 0) is 6.42 Å². The molecule has 0 heterocycles. The SMILES string of the molecule is CCc1ccc(-c2ccc(C3CCC(C)C[C@H]3C)cc2F)c(F)c1. The van der Waals surface area contributed by atoms with E-state index in [1.54, 1.807) is 18.2 Å². The molecule has 1 aliphatic carbocycles. The molecule has 0 bridgehead atoms. The van der Waals surface area contributed by atoms with E-state index in [0.29, 0.717) is 23.0 Å². The number of benzene rings is 2. The molecular weight excluding hydrogens is 302 g/mol. The van der Waals surface area contributed by atoms with Gasteiger partial charge < -0.3 is 0 Å². The Bertz CT molecular complexity index is 720. The monoisotopic (exact) mass is 328 g/mol. The fraction of sp³-hybridized carbons (Fsp3) is 0.455. The molecule has 0 saturated heterocycles. The van der Waals surface area contributed by atoms with Crippen molar-refractivity contribution in [1.82, 2.24) is 0 Å².